The number of halogens is 1. The Labute approximate surface area is 127 Å². The number of aliphatic hydroxyl groups excluding tert-OH is 1. The van der Waals surface area contributed by atoms with E-state index < -0.39 is 6.10 Å². The van der Waals surface area contributed by atoms with E-state index in [9.17, 15) is 5.11 Å². The molecule has 110 valence electrons. The van der Waals surface area contributed by atoms with Crippen LogP contribution in [0.25, 0.3) is 0 Å². The van der Waals surface area contributed by atoms with Crippen molar-refractivity contribution in [2.45, 2.75) is 62.3 Å². The van der Waals surface area contributed by atoms with Crippen molar-refractivity contribution in [1.29, 1.82) is 0 Å². The van der Waals surface area contributed by atoms with Crippen molar-refractivity contribution in [3.8, 4) is 0 Å². The third kappa shape index (κ3) is 6.17. The SMILES string of the molecule is CCC[C@H](O)[C@H](N)c1ccccc1SC(C)(C)C.Cl. The Bertz CT molecular complexity index is 379. The predicted molar refractivity (Wildman–Crippen MR) is 87.1 cm³/mol. The van der Waals surface area contributed by atoms with Crippen LogP contribution in [0.15, 0.2) is 29.2 Å². The summed E-state index contributed by atoms with van der Waals surface area (Å²) in [4.78, 5) is 1.17. The van der Waals surface area contributed by atoms with Crippen LogP contribution in [0.1, 0.15) is 52.1 Å². The molecule has 2 nitrogen and oxygen atoms in total. The number of benzene rings is 1. The van der Waals surface area contributed by atoms with Gasteiger partial charge in [0.15, 0.2) is 0 Å². The fraction of sp³-hybridized carbons (Fsp3) is 0.600. The zero-order valence-corrected chi connectivity index (χ0v) is 13.9. The molecule has 0 bridgehead atoms. The maximum absolute atomic E-state index is 10.1. The van der Waals surface area contributed by atoms with Gasteiger partial charge >= 0.3 is 0 Å². The molecule has 0 aliphatic carbocycles. The molecule has 0 amide bonds. The maximum Gasteiger partial charge on any atom is 0.0733 e. The van der Waals surface area contributed by atoms with Gasteiger partial charge in [0.2, 0.25) is 0 Å². The van der Waals surface area contributed by atoms with E-state index in [0.717, 1.165) is 18.4 Å². The van der Waals surface area contributed by atoms with Gasteiger partial charge in [-0.05, 0) is 18.1 Å². The molecule has 0 saturated carbocycles. The van der Waals surface area contributed by atoms with Crippen molar-refractivity contribution in [2.24, 2.45) is 5.73 Å². The third-order valence-electron chi connectivity index (χ3n) is 2.69. The molecule has 2 atom stereocenters. The third-order valence-corrected chi connectivity index (χ3v) is 3.90. The predicted octanol–water partition coefficient (Wildman–Crippen LogP) is 4.16. The van der Waals surface area contributed by atoms with E-state index in [0.29, 0.717) is 0 Å². The first kappa shape index (κ1) is 18.8. The molecular weight excluding hydrogens is 278 g/mol. The van der Waals surface area contributed by atoms with Crippen LogP contribution in [0.2, 0.25) is 0 Å². The van der Waals surface area contributed by atoms with E-state index in [1.807, 2.05) is 18.2 Å². The normalized spacial score (nSPS) is 14.6. The van der Waals surface area contributed by atoms with Crippen LogP contribution in [-0.4, -0.2) is 16.0 Å². The minimum atomic E-state index is -0.461. The smallest absolute Gasteiger partial charge is 0.0733 e. The second-order valence-electron chi connectivity index (χ2n) is 5.63. The minimum Gasteiger partial charge on any atom is -0.391 e. The molecule has 3 N–H and O–H groups in total. The number of hydrogen-bond acceptors (Lipinski definition) is 3. The first-order chi connectivity index (χ1) is 8.35. The Morgan fingerprint density at radius 1 is 1.26 bits per heavy atom. The number of rotatable bonds is 5. The molecule has 0 saturated heterocycles. The average Bonchev–Trinajstić information content (AvgIpc) is 2.27. The standard InChI is InChI=1S/C15H25NOS.ClH/c1-5-8-12(17)14(16)11-9-6-7-10-13(11)18-15(2,3)4;/h6-7,9-10,12,14,17H,5,8,16H2,1-4H3;1H/t12-,14+;/m0./s1. The van der Waals surface area contributed by atoms with E-state index >= 15 is 0 Å². The summed E-state index contributed by atoms with van der Waals surface area (Å²) in [5.74, 6) is 0. The zero-order valence-electron chi connectivity index (χ0n) is 12.2. The van der Waals surface area contributed by atoms with Crippen molar-refractivity contribution in [3.05, 3.63) is 29.8 Å². The topological polar surface area (TPSA) is 46.2 Å². The number of nitrogens with two attached hydrogens (primary N) is 1. The average molecular weight is 304 g/mol. The first-order valence-corrected chi connectivity index (χ1v) is 7.38. The van der Waals surface area contributed by atoms with Gasteiger partial charge in [0, 0.05) is 9.64 Å². The van der Waals surface area contributed by atoms with Crippen LogP contribution in [-0.2, 0) is 0 Å². The molecule has 0 unspecified atom stereocenters. The van der Waals surface area contributed by atoms with Gasteiger partial charge in [-0.2, -0.15) is 0 Å². The lowest BCUT2D eigenvalue weighted by Gasteiger charge is -2.24. The lowest BCUT2D eigenvalue weighted by molar-refractivity contribution is 0.133. The highest BCUT2D eigenvalue weighted by Gasteiger charge is 2.21. The highest BCUT2D eigenvalue weighted by molar-refractivity contribution is 8.00. The molecule has 19 heavy (non-hydrogen) atoms. The summed E-state index contributed by atoms with van der Waals surface area (Å²) in [6.45, 7) is 8.61. The van der Waals surface area contributed by atoms with Crippen molar-refractivity contribution in [2.75, 3.05) is 0 Å². The van der Waals surface area contributed by atoms with Crippen LogP contribution >= 0.6 is 24.2 Å². The molecule has 0 aromatic heterocycles. The van der Waals surface area contributed by atoms with Crippen LogP contribution < -0.4 is 5.73 Å². The molecule has 1 rings (SSSR count). The molecule has 0 fully saturated rings. The summed E-state index contributed by atoms with van der Waals surface area (Å²) in [5.41, 5.74) is 7.23. The lowest BCUT2D eigenvalue weighted by Crippen LogP contribution is -2.26. The second-order valence-corrected chi connectivity index (χ2v) is 7.50. The summed E-state index contributed by atoms with van der Waals surface area (Å²) in [6, 6.07) is 7.83. The van der Waals surface area contributed by atoms with Crippen LogP contribution in [0.5, 0.6) is 0 Å². The monoisotopic (exact) mass is 303 g/mol. The van der Waals surface area contributed by atoms with Crippen LogP contribution in [0, 0.1) is 0 Å². The van der Waals surface area contributed by atoms with Gasteiger partial charge in [0.25, 0.3) is 0 Å². The summed E-state index contributed by atoms with van der Waals surface area (Å²) < 4.78 is 0.144. The van der Waals surface area contributed by atoms with Crippen LogP contribution in [0.4, 0.5) is 0 Å². The van der Waals surface area contributed by atoms with Crippen molar-refractivity contribution in [1.82, 2.24) is 0 Å². The minimum absolute atomic E-state index is 0. The Kier molecular flexibility index (Phi) is 8.06. The quantitative estimate of drug-likeness (QED) is 0.803. The highest BCUT2D eigenvalue weighted by atomic mass is 35.5. The van der Waals surface area contributed by atoms with Gasteiger partial charge in [0.1, 0.15) is 0 Å². The van der Waals surface area contributed by atoms with E-state index in [-0.39, 0.29) is 23.2 Å². The van der Waals surface area contributed by atoms with Crippen molar-refractivity contribution >= 4 is 24.2 Å². The molecular formula is C15H26ClNOS. The van der Waals surface area contributed by atoms with Crippen molar-refractivity contribution < 1.29 is 5.11 Å². The summed E-state index contributed by atoms with van der Waals surface area (Å²) in [7, 11) is 0. The van der Waals surface area contributed by atoms with Gasteiger partial charge in [-0.3, -0.25) is 0 Å². The molecule has 0 aliphatic rings. The van der Waals surface area contributed by atoms with Gasteiger partial charge in [-0.15, -0.1) is 24.2 Å². The molecule has 1 aromatic rings. The first-order valence-electron chi connectivity index (χ1n) is 6.56. The Hall–Kier alpha value is -0.220. The Balaban J connectivity index is 0.00000324. The summed E-state index contributed by atoms with van der Waals surface area (Å²) >= 11 is 1.80. The molecule has 1 aromatic carbocycles. The maximum atomic E-state index is 10.1. The van der Waals surface area contributed by atoms with Gasteiger partial charge in [0.05, 0.1) is 12.1 Å². The van der Waals surface area contributed by atoms with E-state index in [4.69, 9.17) is 5.73 Å². The van der Waals surface area contributed by atoms with Crippen molar-refractivity contribution in [3.63, 3.8) is 0 Å². The zero-order chi connectivity index (χ0) is 13.8. The molecule has 0 spiro atoms. The molecule has 0 aliphatic heterocycles. The molecule has 0 radical (unpaired) electrons. The Morgan fingerprint density at radius 2 is 1.84 bits per heavy atom. The van der Waals surface area contributed by atoms with Gasteiger partial charge < -0.3 is 10.8 Å². The fourth-order valence-corrected chi connectivity index (χ4v) is 2.99. The largest absolute Gasteiger partial charge is 0.391 e. The van der Waals surface area contributed by atoms with E-state index in [1.54, 1.807) is 11.8 Å². The highest BCUT2D eigenvalue weighted by Crippen LogP contribution is 2.36. The number of hydrogen-bond donors (Lipinski definition) is 2. The van der Waals surface area contributed by atoms with Gasteiger partial charge in [-0.25, -0.2) is 0 Å². The van der Waals surface area contributed by atoms with E-state index in [1.165, 1.54) is 4.90 Å². The fourth-order valence-electron chi connectivity index (χ4n) is 1.86. The second kappa shape index (κ2) is 8.15. The summed E-state index contributed by atoms with van der Waals surface area (Å²) in [5, 5.41) is 10.1. The molecule has 0 heterocycles. The Morgan fingerprint density at radius 3 is 2.37 bits per heavy atom. The number of aliphatic hydroxyl groups is 1. The lowest BCUT2D eigenvalue weighted by atomic mass is 9.99. The number of thioether (sulfide) groups is 1. The van der Waals surface area contributed by atoms with Crippen LogP contribution in [0.3, 0.4) is 0 Å². The van der Waals surface area contributed by atoms with Gasteiger partial charge in [-0.1, -0.05) is 52.3 Å². The molecule has 4 heteroatoms. The summed E-state index contributed by atoms with van der Waals surface area (Å²) in [6.07, 6.45) is 1.23. The van der Waals surface area contributed by atoms with E-state index in [2.05, 4.69) is 33.8 Å².